The van der Waals surface area contributed by atoms with Crippen molar-refractivity contribution in [2.24, 2.45) is 0 Å². The molecule has 0 aromatic heterocycles. The Morgan fingerprint density at radius 3 is 2.61 bits per heavy atom. The Labute approximate surface area is 138 Å². The molecule has 0 radical (unpaired) electrons. The predicted octanol–water partition coefficient (Wildman–Crippen LogP) is 3.27. The first kappa shape index (κ1) is 18.4. The maximum atomic E-state index is 12.3. The quantitative estimate of drug-likeness (QED) is 0.574. The monoisotopic (exact) mass is 326 g/mol. The van der Waals surface area contributed by atoms with E-state index in [2.05, 4.69) is 6.92 Å². The van der Waals surface area contributed by atoms with Crippen molar-refractivity contribution in [2.45, 2.75) is 102 Å². The third-order valence-electron chi connectivity index (χ3n) is 4.87. The molecular weight excluding hydrogens is 296 g/mol. The summed E-state index contributed by atoms with van der Waals surface area (Å²) in [6.45, 7) is 2.18. The van der Waals surface area contributed by atoms with Crippen LogP contribution < -0.4 is 0 Å². The number of hydrogen-bond acceptors (Lipinski definition) is 5. The summed E-state index contributed by atoms with van der Waals surface area (Å²) in [6, 6.07) is 0. The highest BCUT2D eigenvalue weighted by molar-refractivity contribution is 5.90. The van der Waals surface area contributed by atoms with Crippen molar-refractivity contribution in [1.82, 2.24) is 0 Å². The molecule has 2 fully saturated rings. The van der Waals surface area contributed by atoms with E-state index in [9.17, 15) is 14.7 Å². The van der Waals surface area contributed by atoms with Gasteiger partial charge < -0.3 is 14.6 Å². The van der Waals surface area contributed by atoms with Crippen LogP contribution in [0.4, 0.5) is 0 Å². The standard InChI is InChI=1S/C18H30O5/c1-2-3-5-8-14-9-6-4-7-10-15(22-14)13-16(19)18(21)12-11-17(20)23-18/h14-15,21H,2-13H2,1H3/t14?,15?,18-/m1/s1. The number of Topliss-reactive ketones (excluding diaryl/α,β-unsaturated/α-hetero) is 1. The third kappa shape index (κ3) is 5.57. The lowest BCUT2D eigenvalue weighted by atomic mass is 9.96. The topological polar surface area (TPSA) is 72.8 Å². The zero-order valence-electron chi connectivity index (χ0n) is 14.2. The minimum absolute atomic E-state index is 0.0668. The number of unbranched alkanes of at least 4 members (excludes halogenated alkanes) is 2. The summed E-state index contributed by atoms with van der Waals surface area (Å²) >= 11 is 0. The van der Waals surface area contributed by atoms with Crippen LogP contribution in [0.2, 0.25) is 0 Å². The molecule has 1 N–H and O–H groups in total. The highest BCUT2D eigenvalue weighted by atomic mass is 16.7. The Morgan fingerprint density at radius 2 is 1.96 bits per heavy atom. The molecule has 2 aliphatic heterocycles. The maximum Gasteiger partial charge on any atom is 0.308 e. The molecule has 5 heteroatoms. The molecule has 3 atom stereocenters. The first-order chi connectivity index (χ1) is 11.0. The van der Waals surface area contributed by atoms with Crippen LogP contribution in [0.15, 0.2) is 0 Å². The van der Waals surface area contributed by atoms with Crippen molar-refractivity contribution in [1.29, 1.82) is 0 Å². The van der Waals surface area contributed by atoms with Gasteiger partial charge in [-0.1, -0.05) is 45.4 Å². The average molecular weight is 326 g/mol. The molecule has 2 rings (SSSR count). The van der Waals surface area contributed by atoms with Crippen LogP contribution in [0.5, 0.6) is 0 Å². The number of carbonyl (C=O) groups excluding carboxylic acids is 2. The van der Waals surface area contributed by atoms with Gasteiger partial charge in [0.15, 0.2) is 0 Å². The first-order valence-electron chi connectivity index (χ1n) is 9.16. The molecular formula is C18H30O5. The van der Waals surface area contributed by atoms with Gasteiger partial charge in [-0.05, 0) is 19.3 Å². The largest absolute Gasteiger partial charge is 0.425 e. The molecule has 2 aliphatic rings. The molecule has 0 aromatic carbocycles. The van der Waals surface area contributed by atoms with Crippen LogP contribution in [0.3, 0.4) is 0 Å². The Hall–Kier alpha value is -0.940. The van der Waals surface area contributed by atoms with Crippen LogP contribution in [0.25, 0.3) is 0 Å². The van der Waals surface area contributed by atoms with Crippen molar-refractivity contribution in [3.63, 3.8) is 0 Å². The Morgan fingerprint density at radius 1 is 1.22 bits per heavy atom. The normalized spacial score (nSPS) is 32.2. The molecule has 0 aromatic rings. The lowest BCUT2D eigenvalue weighted by molar-refractivity contribution is -0.196. The smallest absolute Gasteiger partial charge is 0.308 e. The lowest BCUT2D eigenvalue weighted by Gasteiger charge is -2.29. The number of carbonyl (C=O) groups is 2. The van der Waals surface area contributed by atoms with Gasteiger partial charge in [-0.2, -0.15) is 0 Å². The lowest BCUT2D eigenvalue weighted by Crippen LogP contribution is -2.41. The highest BCUT2D eigenvalue weighted by Gasteiger charge is 2.45. The minimum atomic E-state index is -1.92. The van der Waals surface area contributed by atoms with E-state index in [0.717, 1.165) is 38.5 Å². The summed E-state index contributed by atoms with van der Waals surface area (Å²) < 4.78 is 11.0. The van der Waals surface area contributed by atoms with Crippen molar-refractivity contribution in [3.8, 4) is 0 Å². The van der Waals surface area contributed by atoms with E-state index in [4.69, 9.17) is 9.47 Å². The van der Waals surface area contributed by atoms with Crippen molar-refractivity contribution in [3.05, 3.63) is 0 Å². The minimum Gasteiger partial charge on any atom is -0.425 e. The zero-order valence-corrected chi connectivity index (χ0v) is 14.2. The van der Waals surface area contributed by atoms with Crippen LogP contribution in [0, 0.1) is 0 Å². The number of ketones is 1. The molecule has 2 saturated heterocycles. The summed E-state index contributed by atoms with van der Waals surface area (Å²) in [7, 11) is 0. The summed E-state index contributed by atoms with van der Waals surface area (Å²) in [6.07, 6.45) is 10.2. The molecule has 132 valence electrons. The third-order valence-corrected chi connectivity index (χ3v) is 4.87. The first-order valence-corrected chi connectivity index (χ1v) is 9.16. The van der Waals surface area contributed by atoms with Crippen molar-refractivity contribution >= 4 is 11.8 Å². The van der Waals surface area contributed by atoms with Crippen LogP contribution in [0.1, 0.15) is 84.0 Å². The van der Waals surface area contributed by atoms with Crippen LogP contribution in [-0.2, 0) is 19.1 Å². The molecule has 0 spiro atoms. The Bertz CT molecular complexity index is 408. The van der Waals surface area contributed by atoms with Gasteiger partial charge in [-0.15, -0.1) is 0 Å². The van der Waals surface area contributed by atoms with Crippen molar-refractivity contribution < 1.29 is 24.2 Å². The van der Waals surface area contributed by atoms with Crippen LogP contribution in [-0.4, -0.2) is 34.9 Å². The van der Waals surface area contributed by atoms with Crippen LogP contribution >= 0.6 is 0 Å². The Balaban J connectivity index is 1.87. The molecule has 0 bridgehead atoms. The fraction of sp³-hybridized carbons (Fsp3) is 0.889. The van der Waals surface area contributed by atoms with Gasteiger partial charge in [-0.25, -0.2) is 0 Å². The number of aliphatic hydroxyl groups is 1. The molecule has 5 nitrogen and oxygen atoms in total. The molecule has 0 aliphatic carbocycles. The van der Waals surface area contributed by atoms with E-state index in [1.54, 1.807) is 0 Å². The fourth-order valence-electron chi connectivity index (χ4n) is 3.44. The number of esters is 1. The molecule has 23 heavy (non-hydrogen) atoms. The summed E-state index contributed by atoms with van der Waals surface area (Å²) in [4.78, 5) is 23.5. The highest BCUT2D eigenvalue weighted by Crippen LogP contribution is 2.29. The van der Waals surface area contributed by atoms with Gasteiger partial charge in [0.05, 0.1) is 18.6 Å². The van der Waals surface area contributed by atoms with Crippen molar-refractivity contribution in [2.75, 3.05) is 0 Å². The SMILES string of the molecule is CCCCCC1CCCCCC(CC(=O)[C@@]2(O)CCC(=O)O2)O1. The van der Waals surface area contributed by atoms with E-state index in [-0.39, 0.29) is 31.5 Å². The van der Waals surface area contributed by atoms with Gasteiger partial charge in [-0.3, -0.25) is 9.59 Å². The summed E-state index contributed by atoms with van der Waals surface area (Å²) in [5.74, 6) is -2.83. The number of ether oxygens (including phenoxy) is 2. The maximum absolute atomic E-state index is 12.3. The Kier molecular flexibility index (Phi) is 7.03. The van der Waals surface area contributed by atoms with Gasteiger partial charge in [0.1, 0.15) is 0 Å². The number of hydrogen-bond donors (Lipinski definition) is 1. The predicted molar refractivity (Wildman–Crippen MR) is 85.8 cm³/mol. The van der Waals surface area contributed by atoms with E-state index in [0.29, 0.717) is 0 Å². The summed E-state index contributed by atoms with van der Waals surface area (Å²) in [5.41, 5.74) is 0. The molecule has 0 saturated carbocycles. The van der Waals surface area contributed by atoms with Gasteiger partial charge in [0, 0.05) is 12.8 Å². The average Bonchev–Trinajstić information content (AvgIpc) is 2.84. The second-order valence-electron chi connectivity index (χ2n) is 6.90. The molecule has 0 amide bonds. The second-order valence-corrected chi connectivity index (χ2v) is 6.90. The zero-order chi connectivity index (χ0) is 16.7. The van der Waals surface area contributed by atoms with E-state index in [1.165, 1.54) is 19.3 Å². The fourth-order valence-corrected chi connectivity index (χ4v) is 3.44. The number of cyclic esters (lactones) is 1. The van der Waals surface area contributed by atoms with Gasteiger partial charge in [0.25, 0.3) is 5.79 Å². The van der Waals surface area contributed by atoms with Gasteiger partial charge >= 0.3 is 5.97 Å². The second kappa shape index (κ2) is 8.78. The number of rotatable bonds is 7. The molecule has 2 unspecified atom stereocenters. The van der Waals surface area contributed by atoms with E-state index >= 15 is 0 Å². The van der Waals surface area contributed by atoms with E-state index in [1.807, 2.05) is 0 Å². The van der Waals surface area contributed by atoms with Gasteiger partial charge in [0.2, 0.25) is 5.78 Å². The van der Waals surface area contributed by atoms with E-state index < -0.39 is 17.5 Å². The summed E-state index contributed by atoms with van der Waals surface area (Å²) in [5, 5.41) is 10.2. The molecule has 2 heterocycles.